The lowest BCUT2D eigenvalue weighted by molar-refractivity contribution is 0.0764. The lowest BCUT2D eigenvalue weighted by Gasteiger charge is -2.40. The molecule has 0 radical (unpaired) electrons. The number of carbonyl (C=O) groups is 2. The van der Waals surface area contributed by atoms with Crippen molar-refractivity contribution in [2.24, 2.45) is 5.41 Å². The Morgan fingerprint density at radius 2 is 1.66 bits per heavy atom. The molecule has 196 valence electrons. The highest BCUT2D eigenvalue weighted by Gasteiger charge is 2.42. The summed E-state index contributed by atoms with van der Waals surface area (Å²) >= 11 is 12.5. The number of aromatic nitrogens is 1. The van der Waals surface area contributed by atoms with Crippen LogP contribution in [-0.4, -0.2) is 47.9 Å². The fourth-order valence-corrected chi connectivity index (χ4v) is 6.89. The average Bonchev–Trinajstić information content (AvgIpc) is 3.53. The Kier molecular flexibility index (Phi) is 6.79. The number of amides is 2. The first-order valence-electron chi connectivity index (χ1n) is 13.2. The number of pyridine rings is 1. The number of halogens is 2. The normalized spacial score (nSPS) is 20.0. The third kappa shape index (κ3) is 4.76. The standard InChI is InChI=1S/C30H30Cl2N4O2/c31-24-2-1-3-25(32)27(24)28(37)34-26-7-6-20-4-5-21(18-23(20)26)29(38)36-17-12-30(19-36)10-15-35(16-11-30)22-8-13-33-14-9-22/h1-5,8-9,13-14,18,26H,6-7,10-12,15-17,19H2,(H,34,37). The summed E-state index contributed by atoms with van der Waals surface area (Å²) in [5.41, 5.74) is 4.56. The first-order valence-corrected chi connectivity index (χ1v) is 14.0. The molecule has 1 atom stereocenters. The van der Waals surface area contributed by atoms with E-state index in [0.717, 1.165) is 63.8 Å². The van der Waals surface area contributed by atoms with Gasteiger partial charge in [-0.2, -0.15) is 0 Å². The van der Waals surface area contributed by atoms with Gasteiger partial charge >= 0.3 is 0 Å². The number of rotatable bonds is 4. The zero-order chi connectivity index (χ0) is 26.3. The van der Waals surface area contributed by atoms with Crippen molar-refractivity contribution in [3.63, 3.8) is 0 Å². The van der Waals surface area contributed by atoms with E-state index in [0.29, 0.717) is 15.6 Å². The van der Waals surface area contributed by atoms with Gasteiger partial charge in [0.25, 0.3) is 11.8 Å². The maximum atomic E-state index is 13.6. The van der Waals surface area contributed by atoms with Crippen LogP contribution >= 0.6 is 23.2 Å². The molecule has 38 heavy (non-hydrogen) atoms. The third-order valence-corrected chi connectivity index (χ3v) is 9.17. The number of nitrogens with zero attached hydrogens (tertiary/aromatic N) is 3. The molecule has 1 aromatic heterocycles. The van der Waals surface area contributed by atoms with Crippen molar-refractivity contribution < 1.29 is 9.59 Å². The molecule has 1 N–H and O–H groups in total. The Balaban J connectivity index is 1.12. The van der Waals surface area contributed by atoms with Crippen molar-refractivity contribution in [2.75, 3.05) is 31.1 Å². The van der Waals surface area contributed by atoms with Gasteiger partial charge in [0.1, 0.15) is 0 Å². The van der Waals surface area contributed by atoms with E-state index < -0.39 is 0 Å². The Morgan fingerprint density at radius 3 is 2.39 bits per heavy atom. The zero-order valence-electron chi connectivity index (χ0n) is 21.1. The van der Waals surface area contributed by atoms with Gasteiger partial charge in [0.2, 0.25) is 0 Å². The minimum atomic E-state index is -0.297. The number of piperidine rings is 1. The molecule has 6 rings (SSSR count). The second-order valence-electron chi connectivity index (χ2n) is 10.7. The van der Waals surface area contributed by atoms with Crippen molar-refractivity contribution in [3.8, 4) is 0 Å². The van der Waals surface area contributed by atoms with Crippen LogP contribution in [0, 0.1) is 5.41 Å². The summed E-state index contributed by atoms with van der Waals surface area (Å²) in [5, 5.41) is 3.74. The summed E-state index contributed by atoms with van der Waals surface area (Å²) in [7, 11) is 0. The van der Waals surface area contributed by atoms with E-state index in [4.69, 9.17) is 23.2 Å². The van der Waals surface area contributed by atoms with Crippen molar-refractivity contribution in [1.29, 1.82) is 0 Å². The summed E-state index contributed by atoms with van der Waals surface area (Å²) in [6.45, 7) is 3.60. The maximum Gasteiger partial charge on any atom is 0.254 e. The molecule has 2 fully saturated rings. The number of carbonyl (C=O) groups excluding carboxylic acids is 2. The number of hydrogen-bond acceptors (Lipinski definition) is 4. The molecule has 0 bridgehead atoms. The second kappa shape index (κ2) is 10.2. The van der Waals surface area contributed by atoms with Gasteiger partial charge < -0.3 is 15.1 Å². The largest absolute Gasteiger partial charge is 0.371 e. The molecule has 2 saturated heterocycles. The van der Waals surface area contributed by atoms with Crippen LogP contribution in [0.5, 0.6) is 0 Å². The Morgan fingerprint density at radius 1 is 0.947 bits per heavy atom. The van der Waals surface area contributed by atoms with Gasteiger partial charge in [-0.1, -0.05) is 35.3 Å². The number of benzene rings is 2. The lowest BCUT2D eigenvalue weighted by atomic mass is 9.77. The molecule has 1 unspecified atom stereocenters. The zero-order valence-corrected chi connectivity index (χ0v) is 22.6. The van der Waals surface area contributed by atoms with Gasteiger partial charge in [-0.3, -0.25) is 14.6 Å². The molecular formula is C30H30Cl2N4O2. The Bertz CT molecular complexity index is 1350. The monoisotopic (exact) mass is 548 g/mol. The molecule has 2 amide bonds. The summed E-state index contributed by atoms with van der Waals surface area (Å²) < 4.78 is 0. The van der Waals surface area contributed by atoms with Crippen LogP contribution in [0.1, 0.15) is 63.6 Å². The van der Waals surface area contributed by atoms with Gasteiger partial charge in [-0.15, -0.1) is 0 Å². The third-order valence-electron chi connectivity index (χ3n) is 8.54. The molecule has 3 heterocycles. The summed E-state index contributed by atoms with van der Waals surface area (Å²) in [6, 6.07) is 14.9. The topological polar surface area (TPSA) is 65.5 Å². The molecule has 2 aromatic carbocycles. The first kappa shape index (κ1) is 25.2. The van der Waals surface area contributed by atoms with Crippen LogP contribution in [0.4, 0.5) is 5.69 Å². The minimum Gasteiger partial charge on any atom is -0.371 e. The van der Waals surface area contributed by atoms with E-state index in [1.165, 1.54) is 11.3 Å². The van der Waals surface area contributed by atoms with Gasteiger partial charge in [-0.05, 0) is 85.0 Å². The van der Waals surface area contributed by atoms with E-state index in [1.807, 2.05) is 35.5 Å². The first-order chi connectivity index (χ1) is 18.4. The van der Waals surface area contributed by atoms with Crippen LogP contribution in [0.25, 0.3) is 0 Å². The molecule has 8 heteroatoms. The smallest absolute Gasteiger partial charge is 0.254 e. The van der Waals surface area contributed by atoms with Gasteiger partial charge in [0.05, 0.1) is 21.7 Å². The minimum absolute atomic E-state index is 0.0763. The molecule has 1 aliphatic carbocycles. The van der Waals surface area contributed by atoms with Gasteiger partial charge in [-0.25, -0.2) is 0 Å². The fraction of sp³-hybridized carbons (Fsp3) is 0.367. The molecular weight excluding hydrogens is 519 g/mol. The molecule has 3 aliphatic rings. The van der Waals surface area contributed by atoms with Gasteiger partial charge in [0.15, 0.2) is 0 Å². The Labute approximate surface area is 232 Å². The highest BCUT2D eigenvalue weighted by molar-refractivity contribution is 6.39. The summed E-state index contributed by atoms with van der Waals surface area (Å²) in [4.78, 5) is 35.2. The number of fused-ring (bicyclic) bond motifs is 1. The van der Waals surface area contributed by atoms with E-state index in [2.05, 4.69) is 27.3 Å². The quantitative estimate of drug-likeness (QED) is 0.438. The second-order valence-corrected chi connectivity index (χ2v) is 11.6. The maximum absolute atomic E-state index is 13.6. The summed E-state index contributed by atoms with van der Waals surface area (Å²) in [6.07, 6.45) is 8.53. The van der Waals surface area contributed by atoms with E-state index >= 15 is 0 Å². The van der Waals surface area contributed by atoms with Crippen LogP contribution in [0.3, 0.4) is 0 Å². The lowest BCUT2D eigenvalue weighted by Crippen LogP contribution is -2.42. The van der Waals surface area contributed by atoms with Crippen molar-refractivity contribution in [2.45, 2.75) is 38.1 Å². The highest BCUT2D eigenvalue weighted by atomic mass is 35.5. The molecule has 1 spiro atoms. The van der Waals surface area contributed by atoms with Crippen LogP contribution in [0.15, 0.2) is 60.9 Å². The predicted molar refractivity (Wildman–Crippen MR) is 150 cm³/mol. The van der Waals surface area contributed by atoms with E-state index in [9.17, 15) is 9.59 Å². The molecule has 0 saturated carbocycles. The predicted octanol–water partition coefficient (Wildman–Crippen LogP) is 5.94. The van der Waals surface area contributed by atoms with E-state index in [-0.39, 0.29) is 28.8 Å². The van der Waals surface area contributed by atoms with Gasteiger partial charge in [0, 0.05) is 49.8 Å². The number of likely N-dealkylation sites (tertiary alicyclic amines) is 1. The number of anilines is 1. The number of hydrogen-bond donors (Lipinski definition) is 1. The van der Waals surface area contributed by atoms with Crippen LogP contribution < -0.4 is 10.2 Å². The van der Waals surface area contributed by atoms with Crippen molar-refractivity contribution in [1.82, 2.24) is 15.2 Å². The molecule has 3 aromatic rings. The molecule has 2 aliphatic heterocycles. The number of aryl methyl sites for hydroxylation is 1. The van der Waals surface area contributed by atoms with Crippen molar-refractivity contribution in [3.05, 3.63) is 93.2 Å². The SMILES string of the molecule is O=C(NC1CCc2ccc(C(=O)N3CCC4(CCN(c5ccncc5)CC4)C3)cc21)c1c(Cl)cccc1Cl. The summed E-state index contributed by atoms with van der Waals surface area (Å²) in [5.74, 6) is -0.220. The van der Waals surface area contributed by atoms with Crippen LogP contribution in [-0.2, 0) is 6.42 Å². The fourth-order valence-electron chi connectivity index (χ4n) is 6.32. The number of nitrogens with one attached hydrogen (secondary N) is 1. The average molecular weight is 550 g/mol. The molecule has 6 nitrogen and oxygen atoms in total. The highest BCUT2D eigenvalue weighted by Crippen LogP contribution is 2.42. The van der Waals surface area contributed by atoms with Crippen LogP contribution in [0.2, 0.25) is 10.0 Å². The van der Waals surface area contributed by atoms with E-state index in [1.54, 1.807) is 18.2 Å². The van der Waals surface area contributed by atoms with Crippen molar-refractivity contribution >= 4 is 40.7 Å². The Hall–Kier alpha value is -3.09.